The van der Waals surface area contributed by atoms with Gasteiger partial charge in [-0.05, 0) is 54.1 Å². The number of methoxy groups -OCH3 is 1. The van der Waals surface area contributed by atoms with Crippen LogP contribution in [0.5, 0.6) is 5.75 Å². The number of aliphatic hydroxyl groups is 1. The predicted octanol–water partition coefficient (Wildman–Crippen LogP) is 4.44. The lowest BCUT2D eigenvalue weighted by molar-refractivity contribution is 0.0128. The van der Waals surface area contributed by atoms with Crippen LogP contribution in [0.15, 0.2) is 66.7 Å². The molecule has 2 aliphatic rings. The maximum absolute atomic E-state index is 14.4. The van der Waals surface area contributed by atoms with Gasteiger partial charge in [-0.3, -0.25) is 4.79 Å². The molecule has 0 aliphatic carbocycles. The molecule has 4 aromatic rings. The number of fused-ring (bicyclic) bond motifs is 4. The summed E-state index contributed by atoms with van der Waals surface area (Å²) in [5.74, 6) is -0.766. The molecule has 3 aromatic carbocycles. The fourth-order valence-corrected chi connectivity index (χ4v) is 6.19. The number of rotatable bonds is 4. The molecule has 40 heavy (non-hydrogen) atoms. The first-order chi connectivity index (χ1) is 19.3. The van der Waals surface area contributed by atoms with Gasteiger partial charge in [-0.1, -0.05) is 12.1 Å². The molecule has 3 amide bonds. The zero-order valence-electron chi connectivity index (χ0n) is 22.0. The Bertz CT molecular complexity index is 1630. The number of anilines is 1. The summed E-state index contributed by atoms with van der Waals surface area (Å²) in [6, 6.07) is 15.9. The normalized spacial score (nSPS) is 17.5. The van der Waals surface area contributed by atoms with E-state index < -0.39 is 35.0 Å². The minimum absolute atomic E-state index is 0.00446. The molecule has 8 nitrogen and oxygen atoms in total. The molecule has 10 heteroatoms. The molecule has 1 atom stereocenters. The molecule has 206 valence electrons. The van der Waals surface area contributed by atoms with Crippen LogP contribution in [0.3, 0.4) is 0 Å². The van der Waals surface area contributed by atoms with Crippen LogP contribution in [0.1, 0.15) is 27.7 Å². The first kappa shape index (κ1) is 25.8. The molecule has 1 aromatic heterocycles. The van der Waals surface area contributed by atoms with Crippen molar-refractivity contribution < 1.29 is 28.2 Å². The van der Waals surface area contributed by atoms with Gasteiger partial charge >= 0.3 is 6.03 Å². The van der Waals surface area contributed by atoms with Crippen LogP contribution in [0, 0.1) is 11.6 Å². The fourth-order valence-electron chi connectivity index (χ4n) is 6.19. The Labute approximate surface area is 229 Å². The molecule has 0 radical (unpaired) electrons. The number of hydrogen-bond acceptors (Lipinski definition) is 4. The van der Waals surface area contributed by atoms with Gasteiger partial charge in [0.25, 0.3) is 5.91 Å². The van der Waals surface area contributed by atoms with Crippen LogP contribution < -0.4 is 10.1 Å². The summed E-state index contributed by atoms with van der Waals surface area (Å²) >= 11 is 0. The van der Waals surface area contributed by atoms with Gasteiger partial charge < -0.3 is 29.5 Å². The van der Waals surface area contributed by atoms with E-state index in [1.165, 1.54) is 42.5 Å². The highest BCUT2D eigenvalue weighted by Crippen LogP contribution is 2.50. The van der Waals surface area contributed by atoms with Gasteiger partial charge in [0.1, 0.15) is 17.4 Å². The number of benzene rings is 3. The number of aryl methyl sites for hydroxylation is 1. The van der Waals surface area contributed by atoms with Crippen molar-refractivity contribution in [3.05, 3.63) is 95.2 Å². The van der Waals surface area contributed by atoms with Crippen molar-refractivity contribution in [2.75, 3.05) is 38.7 Å². The van der Waals surface area contributed by atoms with Crippen molar-refractivity contribution in [1.82, 2.24) is 14.4 Å². The SMILES string of the molecule is COc1ccc2c3c(n(C)c2c1)[C@H](CO)N(C(=O)Nc1ccc(F)cc1)CC31CN(C(=O)c2ccccc2F)C1. The molecule has 0 saturated carbocycles. The first-order valence-corrected chi connectivity index (χ1v) is 12.9. The van der Waals surface area contributed by atoms with Crippen molar-refractivity contribution in [2.24, 2.45) is 7.05 Å². The second-order valence-corrected chi connectivity index (χ2v) is 10.4. The number of amides is 3. The lowest BCUT2D eigenvalue weighted by atomic mass is 9.68. The van der Waals surface area contributed by atoms with E-state index in [-0.39, 0.29) is 31.8 Å². The van der Waals surface area contributed by atoms with Gasteiger partial charge in [-0.25, -0.2) is 13.6 Å². The van der Waals surface area contributed by atoms with Crippen molar-refractivity contribution in [3.63, 3.8) is 0 Å². The first-order valence-electron chi connectivity index (χ1n) is 12.9. The van der Waals surface area contributed by atoms with E-state index in [2.05, 4.69) is 5.32 Å². The molecule has 1 fully saturated rings. The standard InChI is InChI=1S/C30H28F2N4O4/c1-34-24-13-20(40-2)11-12-22(24)26-27(34)25(14-37)36(29(39)33-19-9-7-18(31)8-10-19)17-30(26)15-35(16-30)28(38)21-5-3-4-6-23(21)32/h3-13,25,37H,14-17H2,1-2H3,(H,33,39)/t25-/m0/s1. The summed E-state index contributed by atoms with van der Waals surface area (Å²) < 4.78 is 35.3. The number of halogens is 2. The number of aliphatic hydroxyl groups excluding tert-OH is 1. The summed E-state index contributed by atoms with van der Waals surface area (Å²) in [5.41, 5.74) is 2.32. The Morgan fingerprint density at radius 3 is 2.45 bits per heavy atom. The lowest BCUT2D eigenvalue weighted by Crippen LogP contribution is -2.68. The molecule has 6 rings (SSSR count). The molecule has 2 aliphatic heterocycles. The summed E-state index contributed by atoms with van der Waals surface area (Å²) in [7, 11) is 3.46. The van der Waals surface area contributed by atoms with Gasteiger partial charge in [0.15, 0.2) is 0 Å². The summed E-state index contributed by atoms with van der Waals surface area (Å²) in [4.78, 5) is 30.0. The van der Waals surface area contributed by atoms with E-state index in [0.29, 0.717) is 11.4 Å². The minimum atomic E-state index is -0.680. The van der Waals surface area contributed by atoms with E-state index in [9.17, 15) is 23.5 Å². The van der Waals surface area contributed by atoms with Crippen molar-refractivity contribution in [3.8, 4) is 5.75 Å². The second kappa shape index (κ2) is 9.63. The van der Waals surface area contributed by atoms with Gasteiger partial charge in [-0.15, -0.1) is 0 Å². The molecule has 3 heterocycles. The maximum atomic E-state index is 14.4. The van der Waals surface area contributed by atoms with E-state index in [4.69, 9.17) is 4.74 Å². The minimum Gasteiger partial charge on any atom is -0.497 e. The van der Waals surface area contributed by atoms with E-state index in [0.717, 1.165) is 22.2 Å². The Kier molecular flexibility index (Phi) is 6.22. The van der Waals surface area contributed by atoms with Crippen LogP contribution in [-0.2, 0) is 12.5 Å². The Hall–Kier alpha value is -4.44. The Balaban J connectivity index is 1.43. The molecule has 0 bridgehead atoms. The van der Waals surface area contributed by atoms with Gasteiger partial charge in [0.05, 0.1) is 36.3 Å². The molecular formula is C30H28F2N4O4. The van der Waals surface area contributed by atoms with Gasteiger partial charge in [-0.2, -0.15) is 0 Å². The number of aromatic nitrogens is 1. The van der Waals surface area contributed by atoms with Crippen molar-refractivity contribution in [2.45, 2.75) is 11.5 Å². The van der Waals surface area contributed by atoms with Crippen LogP contribution >= 0.6 is 0 Å². The highest BCUT2D eigenvalue weighted by Gasteiger charge is 2.55. The number of ether oxygens (including phenoxy) is 1. The number of nitrogens with zero attached hydrogens (tertiary/aromatic N) is 3. The summed E-state index contributed by atoms with van der Waals surface area (Å²) in [6.07, 6.45) is 0. The quantitative estimate of drug-likeness (QED) is 0.396. The highest BCUT2D eigenvalue weighted by atomic mass is 19.1. The average molecular weight is 547 g/mol. The molecule has 1 saturated heterocycles. The van der Waals surface area contributed by atoms with Crippen LogP contribution in [0.25, 0.3) is 10.9 Å². The molecular weight excluding hydrogens is 518 g/mol. The van der Waals surface area contributed by atoms with E-state index >= 15 is 0 Å². The Morgan fingerprint density at radius 2 is 1.77 bits per heavy atom. The van der Waals surface area contributed by atoms with E-state index in [1.54, 1.807) is 23.0 Å². The zero-order valence-corrected chi connectivity index (χ0v) is 22.0. The number of carbonyl (C=O) groups is 2. The third kappa shape index (κ3) is 3.98. The number of nitrogens with one attached hydrogen (secondary N) is 1. The number of carbonyl (C=O) groups excluding carboxylic acids is 2. The molecule has 2 N–H and O–H groups in total. The van der Waals surface area contributed by atoms with Crippen LogP contribution in [0.2, 0.25) is 0 Å². The fraction of sp³-hybridized carbons (Fsp3) is 0.267. The topological polar surface area (TPSA) is 87.0 Å². The number of likely N-dealkylation sites (tertiary alicyclic amines) is 1. The monoisotopic (exact) mass is 546 g/mol. The number of urea groups is 1. The molecule has 1 spiro atoms. The summed E-state index contributed by atoms with van der Waals surface area (Å²) in [5, 5.41) is 14.3. The van der Waals surface area contributed by atoms with E-state index in [1.807, 2.05) is 29.8 Å². The van der Waals surface area contributed by atoms with Crippen molar-refractivity contribution in [1.29, 1.82) is 0 Å². The lowest BCUT2D eigenvalue weighted by Gasteiger charge is -2.56. The van der Waals surface area contributed by atoms with Crippen molar-refractivity contribution >= 4 is 28.5 Å². The highest BCUT2D eigenvalue weighted by molar-refractivity contribution is 5.97. The number of hydrogen-bond donors (Lipinski definition) is 2. The smallest absolute Gasteiger partial charge is 0.322 e. The average Bonchev–Trinajstić information content (AvgIpc) is 3.24. The van der Waals surface area contributed by atoms with Gasteiger partial charge in [0.2, 0.25) is 0 Å². The summed E-state index contributed by atoms with van der Waals surface area (Å²) in [6.45, 7) is 0.400. The zero-order chi connectivity index (χ0) is 28.2. The molecule has 0 unspecified atom stereocenters. The van der Waals surface area contributed by atoms with Gasteiger partial charge in [0, 0.05) is 49.5 Å². The van der Waals surface area contributed by atoms with Crippen LogP contribution in [-0.4, -0.2) is 64.8 Å². The maximum Gasteiger partial charge on any atom is 0.322 e. The predicted molar refractivity (Wildman–Crippen MR) is 145 cm³/mol. The van der Waals surface area contributed by atoms with Crippen LogP contribution in [0.4, 0.5) is 19.3 Å². The third-order valence-electron chi connectivity index (χ3n) is 8.06. The largest absolute Gasteiger partial charge is 0.497 e. The Morgan fingerprint density at radius 1 is 1.05 bits per heavy atom. The second-order valence-electron chi connectivity index (χ2n) is 10.4. The third-order valence-corrected chi connectivity index (χ3v) is 8.06.